The van der Waals surface area contributed by atoms with E-state index in [0.717, 1.165) is 12.1 Å². The molecule has 0 aliphatic carbocycles. The first-order valence-electron chi connectivity index (χ1n) is 10.3. The number of fused-ring (bicyclic) bond motifs is 1. The molecule has 2 aromatic heterocycles. The van der Waals surface area contributed by atoms with Crippen molar-refractivity contribution in [2.45, 2.75) is 17.9 Å². The first kappa shape index (κ1) is 22.4. The molecule has 3 aromatic rings. The lowest BCUT2D eigenvalue weighted by Gasteiger charge is -2.34. The summed E-state index contributed by atoms with van der Waals surface area (Å²) in [5, 5.41) is 0. The van der Waals surface area contributed by atoms with Crippen LogP contribution < -0.4 is 11.2 Å². The van der Waals surface area contributed by atoms with E-state index in [9.17, 15) is 22.4 Å². The van der Waals surface area contributed by atoms with E-state index in [-0.39, 0.29) is 17.0 Å². The number of hydrogen-bond donors (Lipinski definition) is 0. The maximum atomic E-state index is 13.1. The first-order chi connectivity index (χ1) is 15.2. The molecule has 12 heteroatoms. The maximum absolute atomic E-state index is 13.1. The van der Waals surface area contributed by atoms with Crippen LogP contribution in [-0.4, -0.2) is 69.0 Å². The van der Waals surface area contributed by atoms with Crippen molar-refractivity contribution in [1.29, 1.82) is 0 Å². The second-order valence-corrected chi connectivity index (χ2v) is 9.82. The monoisotopic (exact) mass is 464 g/mol. The molecule has 4 rings (SSSR count). The summed E-state index contributed by atoms with van der Waals surface area (Å²) in [5.41, 5.74) is -0.0290. The van der Waals surface area contributed by atoms with E-state index in [0.29, 0.717) is 50.3 Å². The Balaban J connectivity index is 1.37. The highest BCUT2D eigenvalue weighted by Gasteiger charge is 2.28. The number of nitrogens with zero attached hydrogens (tertiary/aromatic N) is 6. The van der Waals surface area contributed by atoms with Crippen molar-refractivity contribution >= 4 is 21.2 Å². The summed E-state index contributed by atoms with van der Waals surface area (Å²) in [6, 6.07) is 4.82. The Labute approximate surface area is 184 Å². The third-order valence-corrected chi connectivity index (χ3v) is 7.75. The number of rotatable bonds is 6. The molecular formula is C20H25FN6O4S. The zero-order valence-corrected chi connectivity index (χ0v) is 18.8. The SMILES string of the molecule is Cn1cnc2c1c(=O)n(CCCN1CCN(S(=O)(=O)c3ccc(F)cc3)CC1)c(=O)n2C. The number of piperazine rings is 1. The van der Waals surface area contributed by atoms with Gasteiger partial charge in [-0.1, -0.05) is 0 Å². The van der Waals surface area contributed by atoms with Gasteiger partial charge < -0.3 is 9.47 Å². The van der Waals surface area contributed by atoms with Crippen LogP contribution in [0, 0.1) is 5.82 Å². The third kappa shape index (κ3) is 4.00. The van der Waals surface area contributed by atoms with Gasteiger partial charge in [-0.2, -0.15) is 4.31 Å². The van der Waals surface area contributed by atoms with Crippen LogP contribution in [0.1, 0.15) is 6.42 Å². The van der Waals surface area contributed by atoms with Gasteiger partial charge in [0, 0.05) is 46.8 Å². The Kier molecular flexibility index (Phi) is 6.01. The predicted molar refractivity (Wildman–Crippen MR) is 116 cm³/mol. The van der Waals surface area contributed by atoms with Crippen molar-refractivity contribution in [2.75, 3.05) is 32.7 Å². The van der Waals surface area contributed by atoms with E-state index >= 15 is 0 Å². The molecule has 0 N–H and O–H groups in total. The van der Waals surface area contributed by atoms with Crippen LogP contribution in [-0.2, 0) is 30.7 Å². The summed E-state index contributed by atoms with van der Waals surface area (Å²) in [5.74, 6) is -0.481. The van der Waals surface area contributed by atoms with Gasteiger partial charge in [0.05, 0.1) is 11.2 Å². The van der Waals surface area contributed by atoms with Gasteiger partial charge in [-0.15, -0.1) is 0 Å². The van der Waals surface area contributed by atoms with E-state index in [2.05, 4.69) is 9.88 Å². The lowest BCUT2D eigenvalue weighted by Crippen LogP contribution is -2.49. The largest absolute Gasteiger partial charge is 0.332 e. The fourth-order valence-corrected chi connectivity index (χ4v) is 5.42. The molecule has 1 aliphatic rings. The van der Waals surface area contributed by atoms with Crippen LogP contribution in [0.4, 0.5) is 4.39 Å². The van der Waals surface area contributed by atoms with E-state index in [4.69, 9.17) is 0 Å². The topological polar surface area (TPSA) is 102 Å². The minimum atomic E-state index is -3.66. The number of aromatic nitrogens is 4. The molecule has 0 saturated carbocycles. The number of sulfonamides is 1. The van der Waals surface area contributed by atoms with E-state index in [1.807, 2.05) is 0 Å². The van der Waals surface area contributed by atoms with Gasteiger partial charge in [0.1, 0.15) is 5.82 Å². The molecule has 0 amide bonds. The molecular weight excluding hydrogens is 439 g/mol. The van der Waals surface area contributed by atoms with Gasteiger partial charge >= 0.3 is 5.69 Å². The number of hydrogen-bond acceptors (Lipinski definition) is 6. The van der Waals surface area contributed by atoms with Crippen LogP contribution in [0.25, 0.3) is 11.2 Å². The van der Waals surface area contributed by atoms with Crippen molar-refractivity contribution in [3.8, 4) is 0 Å². The normalized spacial score (nSPS) is 16.1. The zero-order valence-electron chi connectivity index (χ0n) is 17.9. The predicted octanol–water partition coefficient (Wildman–Crippen LogP) is -0.0306. The van der Waals surface area contributed by atoms with Crippen molar-refractivity contribution in [1.82, 2.24) is 27.9 Å². The van der Waals surface area contributed by atoms with Crippen LogP contribution in [0.5, 0.6) is 0 Å². The molecule has 1 aliphatic heterocycles. The first-order valence-corrected chi connectivity index (χ1v) is 11.7. The summed E-state index contributed by atoms with van der Waals surface area (Å²) in [4.78, 5) is 31.6. The van der Waals surface area contributed by atoms with Crippen molar-refractivity contribution in [2.24, 2.45) is 14.1 Å². The van der Waals surface area contributed by atoms with Crippen LogP contribution >= 0.6 is 0 Å². The average Bonchev–Trinajstić information content (AvgIpc) is 3.17. The minimum Gasteiger partial charge on any atom is -0.328 e. The van der Waals surface area contributed by atoms with Gasteiger partial charge in [-0.25, -0.2) is 22.6 Å². The molecule has 1 aromatic carbocycles. The number of benzene rings is 1. The highest BCUT2D eigenvalue weighted by atomic mass is 32.2. The second-order valence-electron chi connectivity index (χ2n) is 7.88. The fraction of sp³-hybridized carbons (Fsp3) is 0.450. The van der Waals surface area contributed by atoms with Crippen LogP contribution in [0.3, 0.4) is 0 Å². The molecule has 0 radical (unpaired) electrons. The summed E-state index contributed by atoms with van der Waals surface area (Å²) in [7, 11) is -0.354. The zero-order chi connectivity index (χ0) is 23.0. The molecule has 0 atom stereocenters. The van der Waals surface area contributed by atoms with Gasteiger partial charge in [0.25, 0.3) is 5.56 Å². The molecule has 0 unspecified atom stereocenters. The quantitative estimate of drug-likeness (QED) is 0.508. The molecule has 0 bridgehead atoms. The number of aryl methyl sites for hydroxylation is 2. The molecule has 3 heterocycles. The fourth-order valence-electron chi connectivity index (χ4n) is 3.99. The smallest absolute Gasteiger partial charge is 0.328 e. The lowest BCUT2D eigenvalue weighted by atomic mass is 10.3. The van der Waals surface area contributed by atoms with Gasteiger partial charge in [0.2, 0.25) is 10.0 Å². The Morgan fingerprint density at radius 2 is 1.66 bits per heavy atom. The maximum Gasteiger partial charge on any atom is 0.332 e. The van der Waals surface area contributed by atoms with Crippen molar-refractivity contribution in [3.63, 3.8) is 0 Å². The Morgan fingerprint density at radius 1 is 1.00 bits per heavy atom. The van der Waals surface area contributed by atoms with Crippen LogP contribution in [0.2, 0.25) is 0 Å². The number of imidazole rings is 1. The summed E-state index contributed by atoms with van der Waals surface area (Å²) in [6.45, 7) is 2.61. The molecule has 1 saturated heterocycles. The third-order valence-electron chi connectivity index (χ3n) is 5.84. The lowest BCUT2D eigenvalue weighted by molar-refractivity contribution is 0.184. The average molecular weight is 465 g/mol. The molecule has 32 heavy (non-hydrogen) atoms. The Hall–Kier alpha value is -2.83. The van der Waals surface area contributed by atoms with E-state index < -0.39 is 21.5 Å². The summed E-state index contributed by atoms with van der Waals surface area (Å²) >= 11 is 0. The molecule has 10 nitrogen and oxygen atoms in total. The van der Waals surface area contributed by atoms with Crippen molar-refractivity contribution in [3.05, 3.63) is 57.2 Å². The molecule has 0 spiro atoms. The Morgan fingerprint density at radius 3 is 2.31 bits per heavy atom. The minimum absolute atomic E-state index is 0.0770. The Bertz CT molecular complexity index is 1350. The van der Waals surface area contributed by atoms with Crippen LogP contribution in [0.15, 0.2) is 45.1 Å². The highest BCUT2D eigenvalue weighted by Crippen LogP contribution is 2.18. The van der Waals surface area contributed by atoms with Crippen molar-refractivity contribution < 1.29 is 12.8 Å². The van der Waals surface area contributed by atoms with Gasteiger partial charge in [-0.3, -0.25) is 13.9 Å². The summed E-state index contributed by atoms with van der Waals surface area (Å²) in [6.07, 6.45) is 2.08. The second kappa shape index (κ2) is 8.60. The standard InChI is InChI=1S/C20H25FN6O4S/c1-23-14-22-18-17(23)19(28)27(20(29)24(18)2)9-3-8-25-10-12-26(13-11-25)32(30,31)16-6-4-15(21)5-7-16/h4-7,14H,3,8-13H2,1-2H3. The molecule has 172 valence electrons. The van der Waals surface area contributed by atoms with E-state index in [1.165, 1.54) is 31.9 Å². The van der Waals surface area contributed by atoms with Gasteiger partial charge in [-0.05, 0) is 37.2 Å². The highest BCUT2D eigenvalue weighted by molar-refractivity contribution is 7.89. The number of halogens is 1. The van der Waals surface area contributed by atoms with E-state index in [1.54, 1.807) is 18.7 Å². The summed E-state index contributed by atoms with van der Waals surface area (Å²) < 4.78 is 44.1. The van der Waals surface area contributed by atoms with Gasteiger partial charge in [0.15, 0.2) is 11.2 Å². The molecule has 1 fully saturated rings.